The molecule has 2 rings (SSSR count). The number of hydrogen-bond donors (Lipinski definition) is 2. The van der Waals surface area contributed by atoms with Crippen LogP contribution in [-0.2, 0) is 13.6 Å². The fourth-order valence-electron chi connectivity index (χ4n) is 1.65. The smallest absolute Gasteiger partial charge is 0.251 e. The van der Waals surface area contributed by atoms with E-state index in [9.17, 15) is 4.79 Å². The van der Waals surface area contributed by atoms with Gasteiger partial charge in [0.05, 0.1) is 6.20 Å². The maximum atomic E-state index is 11.9. The van der Waals surface area contributed by atoms with E-state index in [1.54, 1.807) is 29.7 Å². The van der Waals surface area contributed by atoms with Crippen LogP contribution in [0, 0.1) is 0 Å². The van der Waals surface area contributed by atoms with Gasteiger partial charge in [0.1, 0.15) is 5.82 Å². The Balaban J connectivity index is 1.99. The first kappa shape index (κ1) is 13.5. The molecule has 1 aromatic carbocycles. The van der Waals surface area contributed by atoms with Gasteiger partial charge in [-0.2, -0.15) is 5.10 Å². The molecule has 0 aliphatic heterocycles. The minimum atomic E-state index is -0.115. The first-order chi connectivity index (χ1) is 9.11. The summed E-state index contributed by atoms with van der Waals surface area (Å²) >= 11 is 1.64. The van der Waals surface area contributed by atoms with E-state index in [-0.39, 0.29) is 5.91 Å². The van der Waals surface area contributed by atoms with Crippen molar-refractivity contribution in [2.45, 2.75) is 11.4 Å². The molecule has 0 unspecified atom stereocenters. The predicted octanol–water partition coefficient (Wildman–Crippen LogP) is 1.65. The van der Waals surface area contributed by atoms with Crippen LogP contribution in [0.5, 0.6) is 0 Å². The number of aryl methyl sites for hydroxylation is 1. The van der Waals surface area contributed by atoms with Gasteiger partial charge >= 0.3 is 0 Å². The molecule has 0 saturated heterocycles. The Morgan fingerprint density at radius 1 is 1.42 bits per heavy atom. The number of nitrogens with two attached hydrogens (primary N) is 1. The lowest BCUT2D eigenvalue weighted by atomic mass is 10.2. The maximum Gasteiger partial charge on any atom is 0.251 e. The number of anilines is 1. The second-order valence-corrected chi connectivity index (χ2v) is 4.97. The minimum absolute atomic E-state index is 0.115. The van der Waals surface area contributed by atoms with E-state index in [0.29, 0.717) is 17.9 Å². The van der Waals surface area contributed by atoms with Crippen molar-refractivity contribution in [3.8, 4) is 0 Å². The van der Waals surface area contributed by atoms with Crippen molar-refractivity contribution in [2.75, 3.05) is 12.0 Å². The van der Waals surface area contributed by atoms with E-state index in [1.807, 2.05) is 30.5 Å². The lowest BCUT2D eigenvalue weighted by molar-refractivity contribution is 0.0951. The van der Waals surface area contributed by atoms with Gasteiger partial charge in [0, 0.05) is 29.6 Å². The highest BCUT2D eigenvalue weighted by Gasteiger charge is 2.08. The van der Waals surface area contributed by atoms with Gasteiger partial charge in [-0.25, -0.2) is 0 Å². The molecule has 0 atom stereocenters. The van der Waals surface area contributed by atoms with Crippen molar-refractivity contribution in [1.82, 2.24) is 15.1 Å². The summed E-state index contributed by atoms with van der Waals surface area (Å²) in [6.07, 6.45) is 3.66. The Bertz CT molecular complexity index is 577. The summed E-state index contributed by atoms with van der Waals surface area (Å²) in [5.41, 5.74) is 7.27. The Morgan fingerprint density at radius 2 is 2.11 bits per heavy atom. The molecule has 0 radical (unpaired) electrons. The van der Waals surface area contributed by atoms with Crippen LogP contribution in [0.1, 0.15) is 15.9 Å². The van der Waals surface area contributed by atoms with E-state index in [1.165, 1.54) is 0 Å². The molecule has 0 saturated carbocycles. The SMILES string of the molecule is CSc1ccc(C(=O)NCc2cnn(C)c2N)cc1. The third kappa shape index (κ3) is 3.08. The largest absolute Gasteiger partial charge is 0.384 e. The number of aromatic nitrogens is 2. The third-order valence-corrected chi connectivity index (χ3v) is 3.60. The Morgan fingerprint density at radius 3 is 2.63 bits per heavy atom. The number of hydrogen-bond acceptors (Lipinski definition) is 4. The van der Waals surface area contributed by atoms with Crippen LogP contribution in [0.4, 0.5) is 5.82 Å². The monoisotopic (exact) mass is 276 g/mol. The maximum absolute atomic E-state index is 11.9. The summed E-state index contributed by atoms with van der Waals surface area (Å²) < 4.78 is 1.58. The number of benzene rings is 1. The Hall–Kier alpha value is -1.95. The first-order valence-electron chi connectivity index (χ1n) is 5.80. The van der Waals surface area contributed by atoms with Crippen LogP contribution in [-0.4, -0.2) is 21.9 Å². The number of rotatable bonds is 4. The van der Waals surface area contributed by atoms with E-state index >= 15 is 0 Å². The number of thioether (sulfide) groups is 1. The Kier molecular flexibility index (Phi) is 4.11. The summed E-state index contributed by atoms with van der Waals surface area (Å²) in [7, 11) is 1.77. The molecule has 1 amide bonds. The van der Waals surface area contributed by atoms with Crippen LogP contribution in [0.15, 0.2) is 35.4 Å². The quantitative estimate of drug-likeness (QED) is 0.833. The molecule has 19 heavy (non-hydrogen) atoms. The van der Waals surface area contributed by atoms with Crippen molar-refractivity contribution in [3.63, 3.8) is 0 Å². The molecule has 1 heterocycles. The van der Waals surface area contributed by atoms with Crippen molar-refractivity contribution in [3.05, 3.63) is 41.6 Å². The highest BCUT2D eigenvalue weighted by Crippen LogP contribution is 2.15. The number of nitrogen functional groups attached to an aromatic ring is 1. The van der Waals surface area contributed by atoms with Crippen LogP contribution < -0.4 is 11.1 Å². The van der Waals surface area contributed by atoms with E-state index < -0.39 is 0 Å². The molecular formula is C13H16N4OS. The standard InChI is InChI=1S/C13H16N4OS/c1-17-12(14)10(8-16-17)7-15-13(18)9-3-5-11(19-2)6-4-9/h3-6,8H,7,14H2,1-2H3,(H,15,18). The molecule has 0 spiro atoms. The topological polar surface area (TPSA) is 72.9 Å². The van der Waals surface area contributed by atoms with Gasteiger partial charge < -0.3 is 11.1 Å². The molecule has 5 nitrogen and oxygen atoms in total. The Labute approximate surface area is 116 Å². The zero-order valence-corrected chi connectivity index (χ0v) is 11.7. The molecule has 0 bridgehead atoms. The molecule has 100 valence electrons. The van der Waals surface area contributed by atoms with Gasteiger partial charge in [-0.3, -0.25) is 9.48 Å². The summed E-state index contributed by atoms with van der Waals surface area (Å²) in [5.74, 6) is 0.453. The van der Waals surface area contributed by atoms with Gasteiger partial charge in [-0.1, -0.05) is 0 Å². The fourth-order valence-corrected chi connectivity index (χ4v) is 2.06. The fraction of sp³-hybridized carbons (Fsp3) is 0.231. The average Bonchev–Trinajstić information content (AvgIpc) is 2.76. The highest BCUT2D eigenvalue weighted by molar-refractivity contribution is 7.98. The first-order valence-corrected chi connectivity index (χ1v) is 7.03. The lowest BCUT2D eigenvalue weighted by Gasteiger charge is -2.05. The van der Waals surface area contributed by atoms with Crippen molar-refractivity contribution in [2.24, 2.45) is 7.05 Å². The third-order valence-electron chi connectivity index (χ3n) is 2.86. The number of nitrogens with one attached hydrogen (secondary N) is 1. The van der Waals surface area contributed by atoms with Gasteiger partial charge in [-0.15, -0.1) is 11.8 Å². The molecule has 0 aliphatic rings. The average molecular weight is 276 g/mol. The van der Waals surface area contributed by atoms with Crippen LogP contribution in [0.3, 0.4) is 0 Å². The second kappa shape index (κ2) is 5.79. The number of nitrogens with zero attached hydrogens (tertiary/aromatic N) is 2. The summed E-state index contributed by atoms with van der Waals surface area (Å²) in [6, 6.07) is 7.48. The molecule has 3 N–H and O–H groups in total. The zero-order chi connectivity index (χ0) is 13.8. The summed E-state index contributed by atoms with van der Waals surface area (Å²) in [5, 5.41) is 6.85. The van der Waals surface area contributed by atoms with E-state index in [0.717, 1.165) is 10.5 Å². The molecule has 1 aromatic heterocycles. The van der Waals surface area contributed by atoms with Crippen molar-refractivity contribution < 1.29 is 4.79 Å². The van der Waals surface area contributed by atoms with Crippen LogP contribution in [0.2, 0.25) is 0 Å². The minimum Gasteiger partial charge on any atom is -0.384 e. The van der Waals surface area contributed by atoms with Gasteiger partial charge in [-0.05, 0) is 30.5 Å². The number of carbonyl (C=O) groups excluding carboxylic acids is 1. The van der Waals surface area contributed by atoms with Crippen molar-refractivity contribution >= 4 is 23.5 Å². The lowest BCUT2D eigenvalue weighted by Crippen LogP contribution is -2.23. The zero-order valence-electron chi connectivity index (χ0n) is 10.9. The van der Waals surface area contributed by atoms with Crippen LogP contribution >= 0.6 is 11.8 Å². The van der Waals surface area contributed by atoms with Gasteiger partial charge in [0.2, 0.25) is 0 Å². The molecular weight excluding hydrogens is 260 g/mol. The van der Waals surface area contributed by atoms with Gasteiger partial charge in [0.15, 0.2) is 0 Å². The molecule has 0 aliphatic carbocycles. The van der Waals surface area contributed by atoms with E-state index in [2.05, 4.69) is 10.4 Å². The number of amides is 1. The van der Waals surface area contributed by atoms with Crippen molar-refractivity contribution in [1.29, 1.82) is 0 Å². The highest BCUT2D eigenvalue weighted by atomic mass is 32.2. The normalized spacial score (nSPS) is 10.4. The van der Waals surface area contributed by atoms with E-state index in [4.69, 9.17) is 5.73 Å². The summed E-state index contributed by atoms with van der Waals surface area (Å²) in [4.78, 5) is 13.1. The predicted molar refractivity (Wildman–Crippen MR) is 77.0 cm³/mol. The molecule has 0 fully saturated rings. The second-order valence-electron chi connectivity index (χ2n) is 4.09. The summed E-state index contributed by atoms with van der Waals surface area (Å²) in [6.45, 7) is 0.378. The van der Waals surface area contributed by atoms with Crippen LogP contribution in [0.25, 0.3) is 0 Å². The molecule has 6 heteroatoms. The van der Waals surface area contributed by atoms with Gasteiger partial charge in [0.25, 0.3) is 5.91 Å². The molecule has 2 aromatic rings. The number of carbonyl (C=O) groups is 1.